The van der Waals surface area contributed by atoms with Crippen LogP contribution in [0.25, 0.3) is 0 Å². The molecule has 2 aromatic rings. The predicted octanol–water partition coefficient (Wildman–Crippen LogP) is 4.46. The van der Waals surface area contributed by atoms with E-state index in [0.29, 0.717) is 18.1 Å². The van der Waals surface area contributed by atoms with Crippen LogP contribution in [0, 0.1) is 11.7 Å². The van der Waals surface area contributed by atoms with Crippen LogP contribution in [0.15, 0.2) is 54.6 Å². The molecular formula is C22H26FNO2. The largest absolute Gasteiger partial charge is 0.481 e. The molecule has 4 heteroatoms. The molecule has 0 radical (unpaired) electrons. The molecule has 0 unspecified atom stereocenters. The van der Waals surface area contributed by atoms with Crippen LogP contribution in [0.3, 0.4) is 0 Å². The van der Waals surface area contributed by atoms with Gasteiger partial charge in [-0.05, 0) is 61.4 Å². The normalized spacial score (nSPS) is 16.3. The standard InChI is InChI=1S/C22H26FNO2/c1-2-21(26-20-10-8-19(23)9-11-20)22(25)24-14-12-18(13-15-24)16-17-6-4-3-5-7-17/h3-11,18,21H,2,12-16H2,1H3/t21-/m1/s1. The fourth-order valence-corrected chi connectivity index (χ4v) is 3.49. The summed E-state index contributed by atoms with van der Waals surface area (Å²) in [6.45, 7) is 3.49. The average molecular weight is 355 g/mol. The third-order valence-corrected chi connectivity index (χ3v) is 5.03. The Labute approximate surface area is 154 Å². The summed E-state index contributed by atoms with van der Waals surface area (Å²) in [4.78, 5) is 14.7. The summed E-state index contributed by atoms with van der Waals surface area (Å²) in [5.41, 5.74) is 1.36. The summed E-state index contributed by atoms with van der Waals surface area (Å²) in [6.07, 6.45) is 3.21. The van der Waals surface area contributed by atoms with Gasteiger partial charge in [0.2, 0.25) is 0 Å². The maximum absolute atomic E-state index is 13.0. The van der Waals surface area contributed by atoms with Crippen molar-refractivity contribution in [1.29, 1.82) is 0 Å². The van der Waals surface area contributed by atoms with Crippen LogP contribution in [0.4, 0.5) is 4.39 Å². The molecule has 0 bridgehead atoms. The summed E-state index contributed by atoms with van der Waals surface area (Å²) in [5, 5.41) is 0. The Morgan fingerprint density at radius 3 is 2.38 bits per heavy atom. The first-order chi connectivity index (χ1) is 12.7. The second kappa shape index (κ2) is 8.84. The molecule has 1 aliphatic rings. The van der Waals surface area contributed by atoms with Gasteiger partial charge in [-0.2, -0.15) is 0 Å². The fraction of sp³-hybridized carbons (Fsp3) is 0.409. The molecule has 3 nitrogen and oxygen atoms in total. The van der Waals surface area contributed by atoms with E-state index in [1.807, 2.05) is 17.9 Å². The Hall–Kier alpha value is -2.36. The Morgan fingerprint density at radius 2 is 1.77 bits per heavy atom. The van der Waals surface area contributed by atoms with E-state index in [4.69, 9.17) is 4.74 Å². The summed E-state index contributed by atoms with van der Waals surface area (Å²) < 4.78 is 18.8. The van der Waals surface area contributed by atoms with Crippen LogP contribution >= 0.6 is 0 Å². The van der Waals surface area contributed by atoms with E-state index in [1.54, 1.807) is 12.1 Å². The minimum absolute atomic E-state index is 0.0370. The fourth-order valence-electron chi connectivity index (χ4n) is 3.49. The number of carbonyl (C=O) groups excluding carboxylic acids is 1. The molecule has 1 aliphatic heterocycles. The number of rotatable bonds is 6. The van der Waals surface area contributed by atoms with Crippen LogP contribution in [-0.4, -0.2) is 30.0 Å². The molecule has 1 heterocycles. The quantitative estimate of drug-likeness (QED) is 0.765. The van der Waals surface area contributed by atoms with E-state index in [1.165, 1.54) is 17.7 Å². The van der Waals surface area contributed by atoms with Crippen LogP contribution in [0.1, 0.15) is 31.7 Å². The van der Waals surface area contributed by atoms with Crippen molar-refractivity contribution in [3.05, 3.63) is 66.0 Å². The Bertz CT molecular complexity index is 694. The lowest BCUT2D eigenvalue weighted by molar-refractivity contribution is -0.140. The van der Waals surface area contributed by atoms with Crippen molar-refractivity contribution >= 4 is 5.91 Å². The number of amides is 1. The number of hydrogen-bond acceptors (Lipinski definition) is 2. The van der Waals surface area contributed by atoms with Crippen LogP contribution < -0.4 is 4.74 Å². The highest BCUT2D eigenvalue weighted by atomic mass is 19.1. The molecule has 2 aromatic carbocycles. The van der Waals surface area contributed by atoms with Crippen LogP contribution in [-0.2, 0) is 11.2 Å². The summed E-state index contributed by atoms with van der Waals surface area (Å²) >= 11 is 0. The number of carbonyl (C=O) groups is 1. The molecule has 0 spiro atoms. The molecule has 1 fully saturated rings. The molecule has 1 saturated heterocycles. The van der Waals surface area contributed by atoms with Gasteiger partial charge in [-0.25, -0.2) is 4.39 Å². The number of halogens is 1. The van der Waals surface area contributed by atoms with Gasteiger partial charge < -0.3 is 9.64 Å². The highest BCUT2D eigenvalue weighted by molar-refractivity contribution is 5.81. The molecule has 138 valence electrons. The first-order valence-corrected chi connectivity index (χ1v) is 9.40. The molecule has 26 heavy (non-hydrogen) atoms. The topological polar surface area (TPSA) is 29.5 Å². The molecule has 0 aliphatic carbocycles. The van der Waals surface area contributed by atoms with Gasteiger partial charge in [0.15, 0.2) is 6.10 Å². The minimum Gasteiger partial charge on any atom is -0.481 e. The van der Waals surface area contributed by atoms with E-state index in [9.17, 15) is 9.18 Å². The number of piperidine rings is 1. The van der Waals surface area contributed by atoms with E-state index < -0.39 is 6.10 Å². The van der Waals surface area contributed by atoms with Crippen molar-refractivity contribution < 1.29 is 13.9 Å². The van der Waals surface area contributed by atoms with Crippen LogP contribution in [0.5, 0.6) is 5.75 Å². The average Bonchev–Trinajstić information content (AvgIpc) is 2.68. The number of nitrogens with zero attached hydrogens (tertiary/aromatic N) is 1. The number of likely N-dealkylation sites (tertiary alicyclic amines) is 1. The van der Waals surface area contributed by atoms with Crippen molar-refractivity contribution in [1.82, 2.24) is 4.90 Å². The second-order valence-electron chi connectivity index (χ2n) is 6.93. The van der Waals surface area contributed by atoms with Crippen LogP contribution in [0.2, 0.25) is 0 Å². The highest BCUT2D eigenvalue weighted by Gasteiger charge is 2.28. The van der Waals surface area contributed by atoms with Crippen molar-refractivity contribution in [3.8, 4) is 5.75 Å². The van der Waals surface area contributed by atoms with Gasteiger partial charge in [-0.15, -0.1) is 0 Å². The first kappa shape index (κ1) is 18.4. The third kappa shape index (κ3) is 4.84. The zero-order valence-corrected chi connectivity index (χ0v) is 15.2. The summed E-state index contributed by atoms with van der Waals surface area (Å²) in [5.74, 6) is 0.886. The Morgan fingerprint density at radius 1 is 1.12 bits per heavy atom. The van der Waals surface area contributed by atoms with Crippen molar-refractivity contribution in [2.75, 3.05) is 13.1 Å². The zero-order chi connectivity index (χ0) is 18.4. The lowest BCUT2D eigenvalue weighted by Crippen LogP contribution is -2.45. The highest BCUT2D eigenvalue weighted by Crippen LogP contribution is 2.23. The second-order valence-corrected chi connectivity index (χ2v) is 6.93. The number of hydrogen-bond donors (Lipinski definition) is 0. The molecule has 0 saturated carbocycles. The van der Waals surface area contributed by atoms with Gasteiger partial charge in [0.25, 0.3) is 5.91 Å². The number of benzene rings is 2. The minimum atomic E-state index is -0.508. The van der Waals surface area contributed by atoms with E-state index in [-0.39, 0.29) is 11.7 Å². The van der Waals surface area contributed by atoms with Gasteiger partial charge in [0, 0.05) is 13.1 Å². The van der Waals surface area contributed by atoms with Crippen molar-refractivity contribution in [3.63, 3.8) is 0 Å². The maximum Gasteiger partial charge on any atom is 0.263 e. The zero-order valence-electron chi connectivity index (χ0n) is 15.2. The van der Waals surface area contributed by atoms with Gasteiger partial charge >= 0.3 is 0 Å². The Kier molecular flexibility index (Phi) is 6.26. The number of ether oxygens (including phenoxy) is 1. The predicted molar refractivity (Wildman–Crippen MR) is 101 cm³/mol. The molecule has 1 atom stereocenters. The van der Waals surface area contributed by atoms with E-state index >= 15 is 0 Å². The SMILES string of the molecule is CC[C@@H](Oc1ccc(F)cc1)C(=O)N1CCC(Cc2ccccc2)CC1. The Balaban J connectivity index is 1.52. The summed E-state index contributed by atoms with van der Waals surface area (Å²) in [7, 11) is 0. The first-order valence-electron chi connectivity index (χ1n) is 9.40. The van der Waals surface area contributed by atoms with Gasteiger partial charge in [-0.3, -0.25) is 4.79 Å². The van der Waals surface area contributed by atoms with Gasteiger partial charge in [-0.1, -0.05) is 37.3 Å². The van der Waals surface area contributed by atoms with E-state index in [2.05, 4.69) is 24.3 Å². The lowest BCUT2D eigenvalue weighted by atomic mass is 9.90. The van der Waals surface area contributed by atoms with Gasteiger partial charge in [0.05, 0.1) is 0 Å². The third-order valence-electron chi connectivity index (χ3n) is 5.03. The lowest BCUT2D eigenvalue weighted by Gasteiger charge is -2.34. The van der Waals surface area contributed by atoms with Gasteiger partial charge in [0.1, 0.15) is 11.6 Å². The van der Waals surface area contributed by atoms with Crippen molar-refractivity contribution in [2.24, 2.45) is 5.92 Å². The molecular weight excluding hydrogens is 329 g/mol. The molecule has 1 amide bonds. The maximum atomic E-state index is 13.0. The summed E-state index contributed by atoms with van der Waals surface area (Å²) in [6, 6.07) is 16.4. The molecule has 3 rings (SSSR count). The smallest absolute Gasteiger partial charge is 0.263 e. The van der Waals surface area contributed by atoms with E-state index in [0.717, 1.165) is 32.4 Å². The molecule has 0 aromatic heterocycles. The molecule has 0 N–H and O–H groups in total. The monoisotopic (exact) mass is 355 g/mol. The van der Waals surface area contributed by atoms with Crippen molar-refractivity contribution in [2.45, 2.75) is 38.7 Å².